The maximum absolute atomic E-state index is 11.1. The molecular weight excluding hydrogens is 196 g/mol. The average Bonchev–Trinajstić information content (AvgIpc) is 2.08. The van der Waals surface area contributed by atoms with Crippen molar-refractivity contribution in [2.45, 2.75) is 45.1 Å². The molecule has 3 N–H and O–H groups in total. The fourth-order valence-corrected chi connectivity index (χ4v) is 2.28. The van der Waals surface area contributed by atoms with E-state index in [2.05, 4.69) is 12.2 Å². The molecule has 14 heavy (non-hydrogen) atoms. The Morgan fingerprint density at radius 1 is 1.50 bits per heavy atom. The molecule has 1 amide bonds. The number of nitrogens with two attached hydrogens (primary N) is 1. The SMILES string of the molecule is CC(=O)NC1(C(N)=S)CCC(C)CC1. The second-order valence-electron chi connectivity index (χ2n) is 4.31. The molecule has 0 aromatic carbocycles. The third-order valence-corrected chi connectivity index (χ3v) is 3.41. The van der Waals surface area contributed by atoms with E-state index >= 15 is 0 Å². The number of nitrogens with one attached hydrogen (secondary N) is 1. The van der Waals surface area contributed by atoms with Gasteiger partial charge in [0.15, 0.2) is 0 Å². The summed E-state index contributed by atoms with van der Waals surface area (Å²) in [7, 11) is 0. The Morgan fingerprint density at radius 2 is 2.00 bits per heavy atom. The van der Waals surface area contributed by atoms with Crippen molar-refractivity contribution in [3.05, 3.63) is 0 Å². The molecule has 1 aliphatic rings. The summed E-state index contributed by atoms with van der Waals surface area (Å²) in [6.07, 6.45) is 3.92. The number of hydrogen-bond donors (Lipinski definition) is 2. The first-order valence-electron chi connectivity index (χ1n) is 5.05. The van der Waals surface area contributed by atoms with E-state index < -0.39 is 5.54 Å². The fraction of sp³-hybridized carbons (Fsp3) is 0.800. The lowest BCUT2D eigenvalue weighted by Crippen LogP contribution is -2.57. The minimum atomic E-state index is -0.409. The van der Waals surface area contributed by atoms with Crippen LogP contribution in [-0.4, -0.2) is 16.4 Å². The van der Waals surface area contributed by atoms with Crippen LogP contribution in [0, 0.1) is 5.92 Å². The summed E-state index contributed by atoms with van der Waals surface area (Å²) in [6.45, 7) is 3.73. The van der Waals surface area contributed by atoms with Gasteiger partial charge >= 0.3 is 0 Å². The quantitative estimate of drug-likeness (QED) is 0.682. The molecule has 0 bridgehead atoms. The first-order valence-corrected chi connectivity index (χ1v) is 5.46. The number of amides is 1. The van der Waals surface area contributed by atoms with Gasteiger partial charge in [0.25, 0.3) is 0 Å². The summed E-state index contributed by atoms with van der Waals surface area (Å²) in [5.41, 5.74) is 5.30. The van der Waals surface area contributed by atoms with Gasteiger partial charge in [0, 0.05) is 6.92 Å². The van der Waals surface area contributed by atoms with Crippen LogP contribution in [0.3, 0.4) is 0 Å². The van der Waals surface area contributed by atoms with E-state index in [4.69, 9.17) is 18.0 Å². The van der Waals surface area contributed by atoms with Crippen molar-refractivity contribution in [3.63, 3.8) is 0 Å². The number of carbonyl (C=O) groups excluding carboxylic acids is 1. The predicted molar refractivity (Wildman–Crippen MR) is 61.0 cm³/mol. The van der Waals surface area contributed by atoms with Crippen molar-refractivity contribution >= 4 is 23.1 Å². The van der Waals surface area contributed by atoms with Gasteiger partial charge in [0.1, 0.15) is 0 Å². The summed E-state index contributed by atoms with van der Waals surface area (Å²) in [4.78, 5) is 11.5. The number of rotatable bonds is 2. The van der Waals surface area contributed by atoms with Crippen molar-refractivity contribution in [1.29, 1.82) is 0 Å². The van der Waals surface area contributed by atoms with Crippen molar-refractivity contribution in [2.75, 3.05) is 0 Å². The minimum Gasteiger partial charge on any atom is -0.391 e. The summed E-state index contributed by atoms with van der Waals surface area (Å²) in [5.74, 6) is 0.665. The largest absolute Gasteiger partial charge is 0.391 e. The molecule has 0 aromatic heterocycles. The highest BCUT2D eigenvalue weighted by Crippen LogP contribution is 2.32. The zero-order valence-electron chi connectivity index (χ0n) is 8.80. The van der Waals surface area contributed by atoms with Crippen LogP contribution in [0.2, 0.25) is 0 Å². The first-order chi connectivity index (χ1) is 6.46. The highest BCUT2D eigenvalue weighted by molar-refractivity contribution is 7.80. The van der Waals surface area contributed by atoms with Crippen LogP contribution in [-0.2, 0) is 4.79 Å². The molecule has 0 saturated heterocycles. The molecule has 0 aliphatic heterocycles. The summed E-state index contributed by atoms with van der Waals surface area (Å²) in [5, 5.41) is 2.91. The molecule has 1 rings (SSSR count). The van der Waals surface area contributed by atoms with Crippen LogP contribution in [0.15, 0.2) is 0 Å². The first kappa shape index (κ1) is 11.4. The number of hydrogen-bond acceptors (Lipinski definition) is 2. The van der Waals surface area contributed by atoms with Crippen LogP contribution < -0.4 is 11.1 Å². The lowest BCUT2D eigenvalue weighted by molar-refractivity contribution is -0.120. The van der Waals surface area contributed by atoms with Crippen molar-refractivity contribution in [1.82, 2.24) is 5.32 Å². The van der Waals surface area contributed by atoms with Crippen LogP contribution in [0.1, 0.15) is 39.5 Å². The second kappa shape index (κ2) is 4.26. The monoisotopic (exact) mass is 214 g/mol. The molecule has 3 nitrogen and oxygen atoms in total. The molecule has 80 valence electrons. The molecule has 0 heterocycles. The maximum Gasteiger partial charge on any atom is 0.217 e. The van der Waals surface area contributed by atoms with E-state index in [1.807, 2.05) is 0 Å². The van der Waals surface area contributed by atoms with Gasteiger partial charge in [-0.25, -0.2) is 0 Å². The van der Waals surface area contributed by atoms with Crippen molar-refractivity contribution < 1.29 is 4.79 Å². The van der Waals surface area contributed by atoms with E-state index in [0.29, 0.717) is 10.9 Å². The van der Waals surface area contributed by atoms with Gasteiger partial charge in [-0.1, -0.05) is 19.1 Å². The molecular formula is C10H18N2OS. The van der Waals surface area contributed by atoms with Crippen LogP contribution in [0.4, 0.5) is 0 Å². The predicted octanol–water partition coefficient (Wildman–Crippen LogP) is 1.36. The summed E-state index contributed by atoms with van der Waals surface area (Å²) < 4.78 is 0. The third kappa shape index (κ3) is 2.44. The second-order valence-corrected chi connectivity index (χ2v) is 4.75. The zero-order valence-corrected chi connectivity index (χ0v) is 9.62. The average molecular weight is 214 g/mol. The Bertz CT molecular complexity index is 245. The van der Waals surface area contributed by atoms with E-state index in [9.17, 15) is 4.79 Å². The Kier molecular flexibility index (Phi) is 3.48. The van der Waals surface area contributed by atoms with Gasteiger partial charge in [-0.3, -0.25) is 4.79 Å². The molecule has 0 radical (unpaired) electrons. The normalized spacial score (nSPS) is 32.3. The Balaban J connectivity index is 2.73. The smallest absolute Gasteiger partial charge is 0.217 e. The Morgan fingerprint density at radius 3 is 2.36 bits per heavy atom. The van der Waals surface area contributed by atoms with E-state index in [-0.39, 0.29) is 5.91 Å². The van der Waals surface area contributed by atoms with Gasteiger partial charge < -0.3 is 11.1 Å². The molecule has 1 saturated carbocycles. The van der Waals surface area contributed by atoms with Crippen LogP contribution in [0.5, 0.6) is 0 Å². The summed E-state index contributed by atoms with van der Waals surface area (Å²) >= 11 is 5.05. The van der Waals surface area contributed by atoms with Gasteiger partial charge in [-0.05, 0) is 31.6 Å². The molecule has 0 spiro atoms. The van der Waals surface area contributed by atoms with E-state index in [1.165, 1.54) is 6.92 Å². The zero-order chi connectivity index (χ0) is 10.8. The summed E-state index contributed by atoms with van der Waals surface area (Å²) in [6, 6.07) is 0. The van der Waals surface area contributed by atoms with E-state index in [1.54, 1.807) is 0 Å². The Labute approximate surface area is 90.4 Å². The number of thiocarbonyl (C=S) groups is 1. The van der Waals surface area contributed by atoms with E-state index in [0.717, 1.165) is 25.7 Å². The molecule has 0 unspecified atom stereocenters. The van der Waals surface area contributed by atoms with Gasteiger partial charge in [0.05, 0.1) is 10.5 Å². The Hall–Kier alpha value is -0.640. The molecule has 0 atom stereocenters. The van der Waals surface area contributed by atoms with Crippen LogP contribution in [0.25, 0.3) is 0 Å². The highest BCUT2D eigenvalue weighted by atomic mass is 32.1. The lowest BCUT2D eigenvalue weighted by Gasteiger charge is -2.39. The van der Waals surface area contributed by atoms with Gasteiger partial charge in [-0.15, -0.1) is 0 Å². The number of carbonyl (C=O) groups is 1. The highest BCUT2D eigenvalue weighted by Gasteiger charge is 2.37. The van der Waals surface area contributed by atoms with Crippen molar-refractivity contribution in [3.8, 4) is 0 Å². The standard InChI is InChI=1S/C10H18N2OS/c1-7-3-5-10(6-4-7,9(11)14)12-8(2)13/h7H,3-6H2,1-2H3,(H2,11,14)(H,12,13). The molecule has 1 fully saturated rings. The van der Waals surface area contributed by atoms with Gasteiger partial charge in [-0.2, -0.15) is 0 Å². The van der Waals surface area contributed by atoms with Crippen molar-refractivity contribution in [2.24, 2.45) is 11.7 Å². The fourth-order valence-electron chi connectivity index (χ4n) is 2.02. The van der Waals surface area contributed by atoms with Gasteiger partial charge in [0.2, 0.25) is 5.91 Å². The maximum atomic E-state index is 11.1. The third-order valence-electron chi connectivity index (χ3n) is 3.01. The lowest BCUT2D eigenvalue weighted by atomic mass is 9.77. The minimum absolute atomic E-state index is 0.0487. The topological polar surface area (TPSA) is 55.1 Å². The molecule has 4 heteroatoms. The molecule has 0 aromatic rings. The van der Waals surface area contributed by atoms with Crippen LogP contribution >= 0.6 is 12.2 Å². The molecule has 1 aliphatic carbocycles.